The smallest absolute Gasteiger partial charge is 0.406 e. The highest BCUT2D eigenvalue weighted by Crippen LogP contribution is 2.32. The highest BCUT2D eigenvalue weighted by atomic mass is 19.4. The number of hydrogen-bond donors (Lipinski definition) is 1. The molecule has 1 N–H and O–H groups in total. The Labute approximate surface area is 177 Å². The molecule has 2 heterocycles. The summed E-state index contributed by atoms with van der Waals surface area (Å²) in [5.41, 5.74) is 2.53. The summed E-state index contributed by atoms with van der Waals surface area (Å²) in [5, 5.41) is 2.69. The molecule has 0 spiro atoms. The maximum atomic E-state index is 12.8. The molecule has 1 aliphatic rings. The summed E-state index contributed by atoms with van der Waals surface area (Å²) in [5.74, 6) is 0.0875. The van der Waals surface area contributed by atoms with E-state index in [9.17, 15) is 18.0 Å². The predicted octanol–water partition coefficient (Wildman–Crippen LogP) is 5.50. The summed E-state index contributed by atoms with van der Waals surface area (Å²) in [6.45, 7) is 1.84. The van der Waals surface area contributed by atoms with Crippen molar-refractivity contribution in [1.82, 2.24) is 4.98 Å². The van der Waals surface area contributed by atoms with Gasteiger partial charge < -0.3 is 15.0 Å². The highest BCUT2D eigenvalue weighted by Gasteiger charge is 2.31. The quantitative estimate of drug-likeness (QED) is 0.584. The summed E-state index contributed by atoms with van der Waals surface area (Å²) in [6.07, 6.45) is -1.03. The van der Waals surface area contributed by atoms with Crippen LogP contribution in [0.2, 0.25) is 0 Å². The summed E-state index contributed by atoms with van der Waals surface area (Å²) >= 11 is 0. The van der Waals surface area contributed by atoms with Crippen molar-refractivity contribution in [2.45, 2.75) is 19.2 Å². The first-order chi connectivity index (χ1) is 14.9. The zero-order valence-corrected chi connectivity index (χ0v) is 16.5. The third kappa shape index (κ3) is 5.14. The Hall–Kier alpha value is -3.55. The molecule has 0 unspecified atom stereocenters. The molecule has 3 aromatic rings. The second-order valence-electron chi connectivity index (χ2n) is 7.18. The van der Waals surface area contributed by atoms with Gasteiger partial charge in [-0.25, -0.2) is 4.98 Å². The summed E-state index contributed by atoms with van der Waals surface area (Å²) in [6, 6.07) is 16.5. The van der Waals surface area contributed by atoms with E-state index >= 15 is 0 Å². The molecular formula is C23H20F3N3O2. The lowest BCUT2D eigenvalue weighted by atomic mass is 10.0. The van der Waals surface area contributed by atoms with Gasteiger partial charge in [0, 0.05) is 30.5 Å². The number of halogens is 3. The van der Waals surface area contributed by atoms with Crippen molar-refractivity contribution in [3.63, 3.8) is 0 Å². The van der Waals surface area contributed by atoms with Gasteiger partial charge in [-0.15, -0.1) is 13.2 Å². The van der Waals surface area contributed by atoms with Crippen molar-refractivity contribution in [3.8, 4) is 16.9 Å². The van der Waals surface area contributed by atoms with Gasteiger partial charge in [0.1, 0.15) is 11.6 Å². The second kappa shape index (κ2) is 8.67. The van der Waals surface area contributed by atoms with E-state index in [1.807, 2.05) is 30.3 Å². The van der Waals surface area contributed by atoms with Crippen LogP contribution in [0.15, 0.2) is 66.9 Å². The minimum Gasteiger partial charge on any atom is -0.406 e. The molecule has 0 aliphatic carbocycles. The van der Waals surface area contributed by atoms with E-state index in [0.29, 0.717) is 11.3 Å². The maximum absolute atomic E-state index is 12.8. The molecule has 1 saturated heterocycles. The number of hydrogen-bond acceptors (Lipinski definition) is 4. The molecule has 0 bridgehead atoms. The van der Waals surface area contributed by atoms with Gasteiger partial charge in [0.05, 0.1) is 5.56 Å². The van der Waals surface area contributed by atoms with Gasteiger partial charge in [0.15, 0.2) is 0 Å². The Bertz CT molecular complexity index is 1050. The number of anilines is 2. The first-order valence-corrected chi connectivity index (χ1v) is 9.87. The number of aromatic nitrogens is 1. The van der Waals surface area contributed by atoms with E-state index in [-0.39, 0.29) is 5.75 Å². The van der Waals surface area contributed by atoms with Gasteiger partial charge in [-0.2, -0.15) is 0 Å². The lowest BCUT2D eigenvalue weighted by molar-refractivity contribution is -0.274. The van der Waals surface area contributed by atoms with Crippen molar-refractivity contribution in [3.05, 3.63) is 72.4 Å². The highest BCUT2D eigenvalue weighted by molar-refractivity contribution is 6.05. The fourth-order valence-corrected chi connectivity index (χ4v) is 3.54. The topological polar surface area (TPSA) is 54.5 Å². The van der Waals surface area contributed by atoms with E-state index in [4.69, 9.17) is 0 Å². The molecule has 160 valence electrons. The van der Waals surface area contributed by atoms with E-state index in [2.05, 4.69) is 19.9 Å². The number of carbonyl (C=O) groups excluding carboxylic acids is 1. The third-order valence-corrected chi connectivity index (χ3v) is 4.97. The Kier molecular flexibility index (Phi) is 5.79. The van der Waals surface area contributed by atoms with Gasteiger partial charge >= 0.3 is 6.36 Å². The zero-order chi connectivity index (χ0) is 21.8. The Morgan fingerprint density at radius 3 is 2.32 bits per heavy atom. The van der Waals surface area contributed by atoms with E-state index in [0.717, 1.165) is 55.0 Å². The van der Waals surface area contributed by atoms with Crippen LogP contribution in [0.4, 0.5) is 24.7 Å². The number of nitrogens with one attached hydrogen (secondary N) is 1. The molecular weight excluding hydrogens is 407 g/mol. The molecule has 8 heteroatoms. The number of ether oxygens (including phenoxy) is 1. The van der Waals surface area contributed by atoms with Crippen molar-refractivity contribution in [2.75, 3.05) is 23.3 Å². The van der Waals surface area contributed by atoms with Crippen LogP contribution in [-0.4, -0.2) is 30.3 Å². The van der Waals surface area contributed by atoms with Gasteiger partial charge in [-0.3, -0.25) is 4.79 Å². The normalized spacial score (nSPS) is 13.8. The maximum Gasteiger partial charge on any atom is 0.573 e. The van der Waals surface area contributed by atoms with Crippen molar-refractivity contribution < 1.29 is 22.7 Å². The largest absolute Gasteiger partial charge is 0.573 e. The van der Waals surface area contributed by atoms with Crippen LogP contribution in [0.3, 0.4) is 0 Å². The summed E-state index contributed by atoms with van der Waals surface area (Å²) in [7, 11) is 0. The SMILES string of the molecule is O=C(Nc1ccc(OC(F)(F)F)cc1)c1cnc(N2CCCC2)c(-c2ccccc2)c1. The Morgan fingerprint density at radius 2 is 1.68 bits per heavy atom. The number of rotatable bonds is 5. The summed E-state index contributed by atoms with van der Waals surface area (Å²) in [4.78, 5) is 19.6. The van der Waals surface area contributed by atoms with Gasteiger partial charge in [-0.05, 0) is 48.7 Å². The van der Waals surface area contributed by atoms with Crippen LogP contribution < -0.4 is 15.0 Å². The van der Waals surface area contributed by atoms with E-state index in [1.165, 1.54) is 18.3 Å². The van der Waals surface area contributed by atoms with Crippen molar-refractivity contribution >= 4 is 17.4 Å². The lowest BCUT2D eigenvalue weighted by Gasteiger charge is -2.21. The van der Waals surface area contributed by atoms with Gasteiger partial charge in [0.2, 0.25) is 0 Å². The zero-order valence-electron chi connectivity index (χ0n) is 16.5. The van der Waals surface area contributed by atoms with Crippen LogP contribution in [0, 0.1) is 0 Å². The lowest BCUT2D eigenvalue weighted by Crippen LogP contribution is -2.21. The molecule has 1 aliphatic heterocycles. The minimum atomic E-state index is -4.76. The van der Waals surface area contributed by atoms with E-state index < -0.39 is 12.3 Å². The molecule has 1 fully saturated rings. The molecule has 4 rings (SSSR count). The number of benzene rings is 2. The first kappa shape index (κ1) is 20.7. The van der Waals surface area contributed by atoms with E-state index in [1.54, 1.807) is 6.07 Å². The number of carbonyl (C=O) groups is 1. The minimum absolute atomic E-state index is 0.351. The van der Waals surface area contributed by atoms with Crippen molar-refractivity contribution in [2.24, 2.45) is 0 Å². The average Bonchev–Trinajstić information content (AvgIpc) is 3.29. The Balaban J connectivity index is 1.57. The fraction of sp³-hybridized carbons (Fsp3) is 0.217. The monoisotopic (exact) mass is 427 g/mol. The molecule has 0 atom stereocenters. The average molecular weight is 427 g/mol. The van der Waals surface area contributed by atoms with Crippen LogP contribution in [-0.2, 0) is 0 Å². The molecule has 5 nitrogen and oxygen atoms in total. The Morgan fingerprint density at radius 1 is 1.00 bits per heavy atom. The van der Waals surface area contributed by atoms with Crippen LogP contribution >= 0.6 is 0 Å². The van der Waals surface area contributed by atoms with Gasteiger partial charge in [0.25, 0.3) is 5.91 Å². The molecule has 1 amide bonds. The number of nitrogens with zero attached hydrogens (tertiary/aromatic N) is 2. The van der Waals surface area contributed by atoms with Crippen LogP contribution in [0.25, 0.3) is 11.1 Å². The molecule has 31 heavy (non-hydrogen) atoms. The van der Waals surface area contributed by atoms with Crippen molar-refractivity contribution in [1.29, 1.82) is 0 Å². The molecule has 1 aromatic heterocycles. The molecule has 0 radical (unpaired) electrons. The summed E-state index contributed by atoms with van der Waals surface area (Å²) < 4.78 is 40.7. The number of alkyl halides is 3. The predicted molar refractivity (Wildman–Crippen MR) is 112 cm³/mol. The molecule has 0 saturated carbocycles. The fourth-order valence-electron chi connectivity index (χ4n) is 3.54. The van der Waals surface area contributed by atoms with Crippen LogP contribution in [0.1, 0.15) is 23.2 Å². The third-order valence-electron chi connectivity index (χ3n) is 4.97. The molecule has 2 aromatic carbocycles. The standard InChI is InChI=1S/C23H20F3N3O2/c24-23(25,26)31-19-10-8-18(9-11-19)28-22(30)17-14-20(16-6-2-1-3-7-16)21(27-15-17)29-12-4-5-13-29/h1-3,6-11,14-15H,4-5,12-13H2,(H,28,30). The van der Waals surface area contributed by atoms with Gasteiger partial charge in [-0.1, -0.05) is 30.3 Å². The second-order valence-corrected chi connectivity index (χ2v) is 7.18. The number of pyridine rings is 1. The first-order valence-electron chi connectivity index (χ1n) is 9.87. The number of amides is 1. The van der Waals surface area contributed by atoms with Crippen LogP contribution in [0.5, 0.6) is 5.75 Å².